The molecule has 2 aliphatic heterocycles. The molecule has 0 aliphatic carbocycles. The maximum atomic E-state index is 12.5. The minimum absolute atomic E-state index is 0. The van der Waals surface area contributed by atoms with Crippen molar-refractivity contribution in [2.45, 2.75) is 31.6 Å². The van der Waals surface area contributed by atoms with Crippen molar-refractivity contribution in [3.05, 3.63) is 35.9 Å². The highest BCUT2D eigenvalue weighted by atomic mass is 127. The third-order valence-electron chi connectivity index (χ3n) is 5.18. The Morgan fingerprint density at radius 1 is 1.20 bits per heavy atom. The third-order valence-corrected chi connectivity index (χ3v) is 6.48. The van der Waals surface area contributed by atoms with Gasteiger partial charge in [-0.05, 0) is 25.3 Å². The van der Waals surface area contributed by atoms with Crippen molar-refractivity contribution in [3.8, 4) is 0 Å². The van der Waals surface area contributed by atoms with Gasteiger partial charge < -0.3 is 19.9 Å². The van der Waals surface area contributed by atoms with E-state index in [0.29, 0.717) is 37.7 Å². The van der Waals surface area contributed by atoms with E-state index in [9.17, 15) is 9.00 Å². The number of piperazine rings is 1. The van der Waals surface area contributed by atoms with E-state index < -0.39 is 10.8 Å². The van der Waals surface area contributed by atoms with Gasteiger partial charge in [-0.15, -0.1) is 24.0 Å². The molecule has 2 fully saturated rings. The van der Waals surface area contributed by atoms with E-state index >= 15 is 0 Å². The van der Waals surface area contributed by atoms with Crippen LogP contribution in [0.3, 0.4) is 0 Å². The molecule has 1 aromatic rings. The van der Waals surface area contributed by atoms with Crippen molar-refractivity contribution in [3.63, 3.8) is 0 Å². The van der Waals surface area contributed by atoms with Crippen molar-refractivity contribution in [2.24, 2.45) is 4.99 Å². The fourth-order valence-electron chi connectivity index (χ4n) is 3.63. The summed E-state index contributed by atoms with van der Waals surface area (Å²) in [5.74, 6) is 2.08. The smallest absolute Gasteiger partial charge is 0.251 e. The zero-order chi connectivity index (χ0) is 20.5. The van der Waals surface area contributed by atoms with Crippen molar-refractivity contribution in [2.75, 3.05) is 51.6 Å². The van der Waals surface area contributed by atoms with Crippen molar-refractivity contribution >= 4 is 46.6 Å². The lowest BCUT2D eigenvalue weighted by Gasteiger charge is -2.37. The molecule has 9 heteroatoms. The minimum Gasteiger partial charge on any atom is -0.368 e. The van der Waals surface area contributed by atoms with Gasteiger partial charge in [0.05, 0.1) is 6.54 Å². The molecular weight excluding hydrogens is 515 g/mol. The van der Waals surface area contributed by atoms with Crippen LogP contribution in [-0.2, 0) is 26.1 Å². The summed E-state index contributed by atoms with van der Waals surface area (Å²) >= 11 is 0. The van der Waals surface area contributed by atoms with Gasteiger partial charge in [0.15, 0.2) is 5.96 Å². The number of halogens is 1. The lowest BCUT2D eigenvalue weighted by Crippen LogP contribution is -2.55. The van der Waals surface area contributed by atoms with Gasteiger partial charge in [0.25, 0.3) is 5.91 Å². The predicted molar refractivity (Wildman–Crippen MR) is 132 cm³/mol. The lowest BCUT2D eigenvalue weighted by atomic mass is 10.2. The molecule has 2 unspecified atom stereocenters. The summed E-state index contributed by atoms with van der Waals surface area (Å²) in [6.07, 6.45) is 1.56. The Hall–Kier alpha value is -1.20. The van der Waals surface area contributed by atoms with Crippen LogP contribution in [0.2, 0.25) is 0 Å². The SMILES string of the molecule is CCNC(=NCCS(=O)Cc1ccccc1)N1CCN(C(=O)C2CCCO2)CC1.I. The molecule has 2 saturated heterocycles. The van der Waals surface area contributed by atoms with E-state index in [1.165, 1.54) is 0 Å². The zero-order valence-corrected chi connectivity index (χ0v) is 20.8. The molecule has 0 saturated carbocycles. The fraction of sp³-hybridized carbons (Fsp3) is 0.619. The molecular formula is C21H33IN4O3S. The van der Waals surface area contributed by atoms with Crippen LogP contribution in [0.5, 0.6) is 0 Å². The van der Waals surface area contributed by atoms with Crippen LogP contribution in [0.4, 0.5) is 0 Å². The molecule has 1 amide bonds. The van der Waals surface area contributed by atoms with Gasteiger partial charge >= 0.3 is 0 Å². The molecule has 3 rings (SSSR count). The summed E-state index contributed by atoms with van der Waals surface area (Å²) in [7, 11) is -0.930. The van der Waals surface area contributed by atoms with E-state index in [4.69, 9.17) is 4.74 Å². The number of ether oxygens (including phenoxy) is 1. The number of guanidine groups is 1. The topological polar surface area (TPSA) is 74.2 Å². The maximum Gasteiger partial charge on any atom is 0.251 e. The first-order chi connectivity index (χ1) is 14.2. The number of benzene rings is 1. The number of aliphatic imine (C=N–C) groups is 1. The highest BCUT2D eigenvalue weighted by Gasteiger charge is 2.30. The van der Waals surface area contributed by atoms with Crippen LogP contribution >= 0.6 is 24.0 Å². The third kappa shape index (κ3) is 7.49. The first-order valence-corrected chi connectivity index (χ1v) is 12.0. The second kappa shape index (κ2) is 13.3. The Morgan fingerprint density at radius 2 is 1.90 bits per heavy atom. The summed E-state index contributed by atoms with van der Waals surface area (Å²) in [4.78, 5) is 21.3. The van der Waals surface area contributed by atoms with Crippen molar-refractivity contribution in [1.29, 1.82) is 0 Å². The first-order valence-electron chi connectivity index (χ1n) is 10.5. The molecule has 2 atom stereocenters. The van der Waals surface area contributed by atoms with Crippen LogP contribution in [-0.4, -0.2) is 83.6 Å². The van der Waals surface area contributed by atoms with Gasteiger partial charge in [-0.2, -0.15) is 0 Å². The summed E-state index contributed by atoms with van der Waals surface area (Å²) in [6, 6.07) is 9.91. The number of rotatable bonds is 7. The zero-order valence-electron chi connectivity index (χ0n) is 17.6. The molecule has 0 radical (unpaired) electrons. The van der Waals surface area contributed by atoms with Crippen LogP contribution in [0.15, 0.2) is 35.3 Å². The second-order valence-electron chi connectivity index (χ2n) is 7.32. The number of amides is 1. The van der Waals surface area contributed by atoms with Gasteiger partial charge in [-0.25, -0.2) is 0 Å². The van der Waals surface area contributed by atoms with Gasteiger partial charge in [0.2, 0.25) is 0 Å². The number of hydrogen-bond acceptors (Lipinski definition) is 4. The van der Waals surface area contributed by atoms with Crippen molar-refractivity contribution < 1.29 is 13.7 Å². The van der Waals surface area contributed by atoms with E-state index in [2.05, 4.69) is 15.2 Å². The summed E-state index contributed by atoms with van der Waals surface area (Å²) < 4.78 is 17.9. The highest BCUT2D eigenvalue weighted by Crippen LogP contribution is 2.16. The molecule has 30 heavy (non-hydrogen) atoms. The van der Waals surface area contributed by atoms with E-state index in [1.807, 2.05) is 42.2 Å². The van der Waals surface area contributed by atoms with Gasteiger partial charge in [-0.3, -0.25) is 14.0 Å². The number of carbonyl (C=O) groups excluding carboxylic acids is 1. The van der Waals surface area contributed by atoms with Crippen LogP contribution in [0.25, 0.3) is 0 Å². The Morgan fingerprint density at radius 3 is 2.53 bits per heavy atom. The average Bonchev–Trinajstić information content (AvgIpc) is 3.28. The molecule has 1 N–H and O–H groups in total. The Bertz CT molecular complexity index is 705. The van der Waals surface area contributed by atoms with Gasteiger partial charge in [0.1, 0.15) is 6.10 Å². The minimum atomic E-state index is -0.930. The van der Waals surface area contributed by atoms with Crippen LogP contribution in [0.1, 0.15) is 25.3 Å². The van der Waals surface area contributed by atoms with Gasteiger partial charge in [0, 0.05) is 61.6 Å². The summed E-state index contributed by atoms with van der Waals surface area (Å²) in [5, 5.41) is 3.32. The quantitative estimate of drug-likeness (QED) is 0.320. The number of nitrogens with one attached hydrogen (secondary N) is 1. The second-order valence-corrected chi connectivity index (χ2v) is 8.90. The first kappa shape index (κ1) is 25.1. The van der Waals surface area contributed by atoms with Crippen LogP contribution in [0, 0.1) is 0 Å². The fourth-order valence-corrected chi connectivity index (χ4v) is 4.63. The molecule has 0 spiro atoms. The summed E-state index contributed by atoms with van der Waals surface area (Å²) in [6.45, 7) is 6.90. The number of hydrogen-bond donors (Lipinski definition) is 1. The maximum absolute atomic E-state index is 12.5. The molecule has 2 heterocycles. The summed E-state index contributed by atoms with van der Waals surface area (Å²) in [5.41, 5.74) is 1.09. The molecule has 0 bridgehead atoms. The lowest BCUT2D eigenvalue weighted by molar-refractivity contribution is -0.142. The largest absolute Gasteiger partial charge is 0.368 e. The molecule has 168 valence electrons. The van der Waals surface area contributed by atoms with Crippen LogP contribution < -0.4 is 5.32 Å². The molecule has 0 aromatic heterocycles. The normalized spacial score (nSPS) is 20.6. The average molecular weight is 548 g/mol. The molecule has 2 aliphatic rings. The molecule has 7 nitrogen and oxygen atoms in total. The van der Waals surface area contributed by atoms with Gasteiger partial charge in [-0.1, -0.05) is 30.3 Å². The monoisotopic (exact) mass is 548 g/mol. The predicted octanol–water partition coefficient (Wildman–Crippen LogP) is 1.84. The number of carbonyl (C=O) groups is 1. The Labute approximate surface area is 199 Å². The van der Waals surface area contributed by atoms with E-state index in [1.54, 1.807) is 0 Å². The molecule has 1 aromatic carbocycles. The Balaban J connectivity index is 0.00000320. The van der Waals surface area contributed by atoms with E-state index in [0.717, 1.165) is 44.0 Å². The van der Waals surface area contributed by atoms with E-state index in [-0.39, 0.29) is 36.0 Å². The van der Waals surface area contributed by atoms with Crippen molar-refractivity contribution in [1.82, 2.24) is 15.1 Å². The Kier molecular flexibility index (Phi) is 11.1. The number of nitrogens with zero attached hydrogens (tertiary/aromatic N) is 3. The standard InChI is InChI=1S/C21H32N4O3S.HI/c1-2-22-21(23-10-16-29(27)17-18-7-4-3-5-8-18)25-13-11-24(12-14-25)20(26)19-9-6-15-28-19;/h3-5,7-8,19H,2,6,9-17H2,1H3,(H,22,23);1H. The highest BCUT2D eigenvalue weighted by molar-refractivity contribution is 14.0.